The smallest absolute Gasteiger partial charge is 0.0510 e. The van der Waals surface area contributed by atoms with E-state index >= 15 is 0 Å². The maximum absolute atomic E-state index is 5.52. The summed E-state index contributed by atoms with van der Waals surface area (Å²) in [6.45, 7) is 13.8. The highest BCUT2D eigenvalue weighted by Crippen LogP contribution is 2.18. The normalized spacial score (nSPS) is 28.1. The Morgan fingerprint density at radius 1 is 1.11 bits per heavy atom. The Labute approximate surface area is 118 Å². The van der Waals surface area contributed by atoms with Gasteiger partial charge in [0.05, 0.1) is 6.61 Å². The van der Waals surface area contributed by atoms with Crippen molar-refractivity contribution < 1.29 is 4.74 Å². The fraction of sp³-hybridized carbons (Fsp3) is 1.00. The van der Waals surface area contributed by atoms with Crippen LogP contribution in [0.5, 0.6) is 0 Å². The van der Waals surface area contributed by atoms with E-state index in [0.29, 0.717) is 12.0 Å². The molecule has 0 saturated carbocycles. The zero-order valence-electron chi connectivity index (χ0n) is 12.9. The van der Waals surface area contributed by atoms with Gasteiger partial charge in [0.2, 0.25) is 0 Å². The van der Waals surface area contributed by atoms with Gasteiger partial charge < -0.3 is 15.0 Å². The number of hydrogen-bond donors (Lipinski definition) is 1. The highest BCUT2D eigenvalue weighted by atomic mass is 16.5. The Bertz CT molecular complexity index is 246. The van der Waals surface area contributed by atoms with Crippen LogP contribution in [0.3, 0.4) is 0 Å². The average molecular weight is 269 g/mol. The number of likely N-dealkylation sites (N-methyl/N-ethyl adjacent to an activating group) is 1. The minimum atomic E-state index is 0.596. The van der Waals surface area contributed by atoms with Crippen molar-refractivity contribution in [1.29, 1.82) is 0 Å². The monoisotopic (exact) mass is 269 g/mol. The van der Waals surface area contributed by atoms with Crippen molar-refractivity contribution in [2.45, 2.75) is 26.3 Å². The van der Waals surface area contributed by atoms with Gasteiger partial charge in [0.15, 0.2) is 0 Å². The van der Waals surface area contributed by atoms with Gasteiger partial charge in [-0.1, -0.05) is 13.8 Å². The van der Waals surface area contributed by atoms with E-state index in [9.17, 15) is 0 Å². The van der Waals surface area contributed by atoms with E-state index in [4.69, 9.17) is 4.74 Å². The SMILES string of the molecule is CNC(CN1CCN(CC(C)C)CC1)C1CCOC1. The first-order valence-corrected chi connectivity index (χ1v) is 7.88. The molecule has 0 aliphatic carbocycles. The zero-order chi connectivity index (χ0) is 13.7. The zero-order valence-corrected chi connectivity index (χ0v) is 12.9. The maximum atomic E-state index is 5.52. The lowest BCUT2D eigenvalue weighted by Gasteiger charge is -2.38. The van der Waals surface area contributed by atoms with E-state index in [1.807, 2.05) is 0 Å². The average Bonchev–Trinajstić information content (AvgIpc) is 2.91. The molecule has 0 bridgehead atoms. The molecular weight excluding hydrogens is 238 g/mol. The predicted molar refractivity (Wildman–Crippen MR) is 79.5 cm³/mol. The molecule has 0 radical (unpaired) electrons. The lowest BCUT2D eigenvalue weighted by molar-refractivity contribution is 0.103. The molecule has 2 heterocycles. The molecule has 0 amide bonds. The molecule has 2 saturated heterocycles. The Kier molecular flexibility index (Phi) is 6.07. The molecule has 0 aromatic carbocycles. The molecule has 0 aromatic rings. The van der Waals surface area contributed by atoms with Gasteiger partial charge in [0.25, 0.3) is 0 Å². The fourth-order valence-electron chi connectivity index (χ4n) is 3.30. The van der Waals surface area contributed by atoms with Crippen molar-refractivity contribution in [3.63, 3.8) is 0 Å². The van der Waals surface area contributed by atoms with Crippen molar-refractivity contribution >= 4 is 0 Å². The molecule has 0 aromatic heterocycles. The molecule has 2 aliphatic rings. The highest BCUT2D eigenvalue weighted by molar-refractivity contribution is 4.83. The van der Waals surface area contributed by atoms with Gasteiger partial charge >= 0.3 is 0 Å². The van der Waals surface area contributed by atoms with Crippen LogP contribution < -0.4 is 5.32 Å². The van der Waals surface area contributed by atoms with Crippen molar-refractivity contribution in [3.8, 4) is 0 Å². The maximum Gasteiger partial charge on any atom is 0.0510 e. The summed E-state index contributed by atoms with van der Waals surface area (Å²) in [5.41, 5.74) is 0. The topological polar surface area (TPSA) is 27.7 Å². The summed E-state index contributed by atoms with van der Waals surface area (Å²) >= 11 is 0. The predicted octanol–water partition coefficient (Wildman–Crippen LogP) is 0.885. The molecule has 4 nitrogen and oxygen atoms in total. The fourth-order valence-corrected chi connectivity index (χ4v) is 3.30. The van der Waals surface area contributed by atoms with Crippen LogP contribution in [0, 0.1) is 11.8 Å². The first-order valence-electron chi connectivity index (χ1n) is 7.88. The third kappa shape index (κ3) is 4.71. The molecule has 2 unspecified atom stereocenters. The van der Waals surface area contributed by atoms with Crippen molar-refractivity contribution in [2.75, 3.05) is 59.5 Å². The number of hydrogen-bond acceptors (Lipinski definition) is 4. The van der Waals surface area contributed by atoms with Gasteiger partial charge in [-0.15, -0.1) is 0 Å². The third-order valence-corrected chi connectivity index (χ3v) is 4.45. The summed E-state index contributed by atoms with van der Waals surface area (Å²) in [5.74, 6) is 1.49. The highest BCUT2D eigenvalue weighted by Gasteiger charge is 2.27. The van der Waals surface area contributed by atoms with Gasteiger partial charge in [-0.2, -0.15) is 0 Å². The van der Waals surface area contributed by atoms with Crippen LogP contribution in [0.15, 0.2) is 0 Å². The molecular formula is C15H31N3O. The second-order valence-electron chi connectivity index (χ2n) is 6.51. The van der Waals surface area contributed by atoms with Gasteiger partial charge in [-0.05, 0) is 19.4 Å². The third-order valence-electron chi connectivity index (χ3n) is 4.45. The summed E-state index contributed by atoms with van der Waals surface area (Å²) in [5, 5.41) is 3.50. The Hall–Kier alpha value is -0.160. The van der Waals surface area contributed by atoms with Crippen LogP contribution in [0.25, 0.3) is 0 Å². The second-order valence-corrected chi connectivity index (χ2v) is 6.51. The lowest BCUT2D eigenvalue weighted by Crippen LogP contribution is -2.52. The molecule has 2 rings (SSSR count). The molecule has 2 atom stereocenters. The van der Waals surface area contributed by atoms with Crippen LogP contribution in [0.2, 0.25) is 0 Å². The molecule has 2 aliphatic heterocycles. The number of ether oxygens (including phenoxy) is 1. The summed E-state index contributed by atoms with van der Waals surface area (Å²) in [7, 11) is 2.10. The first kappa shape index (κ1) is 15.2. The summed E-state index contributed by atoms with van der Waals surface area (Å²) in [6.07, 6.45) is 1.22. The van der Waals surface area contributed by atoms with E-state index in [-0.39, 0.29) is 0 Å². The Morgan fingerprint density at radius 2 is 1.74 bits per heavy atom. The molecule has 1 N–H and O–H groups in total. The van der Waals surface area contributed by atoms with Gasteiger partial charge in [0.1, 0.15) is 0 Å². The minimum Gasteiger partial charge on any atom is -0.381 e. The van der Waals surface area contributed by atoms with E-state index in [1.165, 1.54) is 45.7 Å². The summed E-state index contributed by atoms with van der Waals surface area (Å²) in [6, 6.07) is 0.596. The molecule has 0 spiro atoms. The number of nitrogens with one attached hydrogen (secondary N) is 1. The van der Waals surface area contributed by atoms with Crippen LogP contribution >= 0.6 is 0 Å². The van der Waals surface area contributed by atoms with E-state index in [0.717, 1.165) is 19.1 Å². The van der Waals surface area contributed by atoms with Crippen LogP contribution in [-0.2, 0) is 4.74 Å². The molecule has 4 heteroatoms. The van der Waals surface area contributed by atoms with E-state index < -0.39 is 0 Å². The van der Waals surface area contributed by atoms with Crippen LogP contribution in [-0.4, -0.2) is 75.4 Å². The van der Waals surface area contributed by atoms with Crippen LogP contribution in [0.1, 0.15) is 20.3 Å². The largest absolute Gasteiger partial charge is 0.381 e. The Morgan fingerprint density at radius 3 is 2.21 bits per heavy atom. The molecule has 112 valence electrons. The Balaban J connectivity index is 1.71. The van der Waals surface area contributed by atoms with Gasteiger partial charge in [-0.25, -0.2) is 0 Å². The van der Waals surface area contributed by atoms with Crippen LogP contribution in [0.4, 0.5) is 0 Å². The van der Waals surface area contributed by atoms with Gasteiger partial charge in [0, 0.05) is 57.8 Å². The summed E-state index contributed by atoms with van der Waals surface area (Å²) < 4.78 is 5.52. The van der Waals surface area contributed by atoms with Gasteiger partial charge in [-0.3, -0.25) is 4.90 Å². The van der Waals surface area contributed by atoms with Crippen molar-refractivity contribution in [1.82, 2.24) is 15.1 Å². The van der Waals surface area contributed by atoms with E-state index in [1.54, 1.807) is 0 Å². The summed E-state index contributed by atoms with van der Waals surface area (Å²) in [4.78, 5) is 5.23. The van der Waals surface area contributed by atoms with E-state index in [2.05, 4.69) is 36.0 Å². The number of nitrogens with zero attached hydrogens (tertiary/aromatic N) is 2. The standard InChI is InChI=1S/C15H31N3O/c1-13(2)10-17-5-7-18(8-6-17)11-15(16-3)14-4-9-19-12-14/h13-16H,4-12H2,1-3H3. The second kappa shape index (κ2) is 7.58. The lowest BCUT2D eigenvalue weighted by atomic mass is 9.98. The van der Waals surface area contributed by atoms with Crippen molar-refractivity contribution in [2.24, 2.45) is 11.8 Å². The molecule has 19 heavy (non-hydrogen) atoms. The van der Waals surface area contributed by atoms with Crippen molar-refractivity contribution in [3.05, 3.63) is 0 Å². The number of piperazine rings is 1. The first-order chi connectivity index (χ1) is 9.19. The molecule has 2 fully saturated rings. The quantitative estimate of drug-likeness (QED) is 0.775. The minimum absolute atomic E-state index is 0.596. The number of rotatable bonds is 6.